The average molecular weight is 348 g/mol. The first-order valence-electron chi connectivity index (χ1n) is 7.12. The van der Waals surface area contributed by atoms with Crippen molar-refractivity contribution in [2.45, 2.75) is 18.9 Å². The Labute approximate surface area is 133 Å². The van der Waals surface area contributed by atoms with Gasteiger partial charge in [-0.1, -0.05) is 34.1 Å². The first-order chi connectivity index (χ1) is 10.2. The number of ether oxygens (including phenoxy) is 2. The van der Waals surface area contributed by atoms with Gasteiger partial charge in [0.1, 0.15) is 24.7 Å². The van der Waals surface area contributed by atoms with E-state index in [1.165, 1.54) is 11.1 Å². The second-order valence-corrected chi connectivity index (χ2v) is 6.04. The SMILES string of the molecule is NC1CCc2c(OCCOc3cccc(Br)c3)cccc21. The maximum atomic E-state index is 6.08. The summed E-state index contributed by atoms with van der Waals surface area (Å²) in [6, 6.07) is 14.1. The fraction of sp³-hybridized carbons (Fsp3) is 0.294. The fourth-order valence-corrected chi connectivity index (χ4v) is 3.03. The second-order valence-electron chi connectivity index (χ2n) is 5.12. The van der Waals surface area contributed by atoms with Crippen LogP contribution in [0.15, 0.2) is 46.9 Å². The smallest absolute Gasteiger partial charge is 0.123 e. The van der Waals surface area contributed by atoms with E-state index in [1.807, 2.05) is 36.4 Å². The third-order valence-electron chi connectivity index (χ3n) is 3.68. The van der Waals surface area contributed by atoms with Crippen molar-refractivity contribution in [3.63, 3.8) is 0 Å². The Morgan fingerprint density at radius 3 is 2.76 bits per heavy atom. The van der Waals surface area contributed by atoms with Crippen LogP contribution in [0.1, 0.15) is 23.6 Å². The molecule has 2 aromatic rings. The highest BCUT2D eigenvalue weighted by molar-refractivity contribution is 9.10. The molecule has 1 unspecified atom stereocenters. The number of hydrogen-bond donors (Lipinski definition) is 1. The van der Waals surface area contributed by atoms with Gasteiger partial charge in [0.15, 0.2) is 0 Å². The number of benzene rings is 2. The molecule has 0 radical (unpaired) electrons. The standard InChI is InChI=1S/C17H18BrNO2/c18-12-3-1-4-13(11-12)20-9-10-21-17-6-2-5-14-15(17)7-8-16(14)19/h1-6,11,16H,7-10,19H2. The zero-order valence-corrected chi connectivity index (χ0v) is 13.3. The molecule has 21 heavy (non-hydrogen) atoms. The third-order valence-corrected chi connectivity index (χ3v) is 4.17. The van der Waals surface area contributed by atoms with Crippen LogP contribution in [0.2, 0.25) is 0 Å². The summed E-state index contributed by atoms with van der Waals surface area (Å²) in [7, 11) is 0. The molecule has 0 amide bonds. The molecule has 3 rings (SSSR count). The van der Waals surface area contributed by atoms with Crippen LogP contribution in [-0.2, 0) is 6.42 Å². The quantitative estimate of drug-likeness (QED) is 0.835. The maximum absolute atomic E-state index is 6.08. The van der Waals surface area contributed by atoms with Crippen molar-refractivity contribution >= 4 is 15.9 Å². The molecule has 0 fully saturated rings. The van der Waals surface area contributed by atoms with Crippen LogP contribution >= 0.6 is 15.9 Å². The molecule has 3 nitrogen and oxygen atoms in total. The van der Waals surface area contributed by atoms with Gasteiger partial charge in [-0.25, -0.2) is 0 Å². The molecular weight excluding hydrogens is 330 g/mol. The largest absolute Gasteiger partial charge is 0.490 e. The van der Waals surface area contributed by atoms with E-state index >= 15 is 0 Å². The lowest BCUT2D eigenvalue weighted by molar-refractivity contribution is 0.216. The van der Waals surface area contributed by atoms with Crippen LogP contribution in [0.5, 0.6) is 11.5 Å². The van der Waals surface area contributed by atoms with Crippen molar-refractivity contribution in [1.29, 1.82) is 0 Å². The van der Waals surface area contributed by atoms with Gasteiger partial charge in [0.05, 0.1) is 0 Å². The first-order valence-corrected chi connectivity index (χ1v) is 7.92. The summed E-state index contributed by atoms with van der Waals surface area (Å²) < 4.78 is 12.5. The van der Waals surface area contributed by atoms with Gasteiger partial charge in [-0.05, 0) is 48.2 Å². The molecule has 0 saturated heterocycles. The molecule has 1 aliphatic carbocycles. The van der Waals surface area contributed by atoms with Gasteiger partial charge in [0.2, 0.25) is 0 Å². The average Bonchev–Trinajstić information content (AvgIpc) is 2.86. The lowest BCUT2D eigenvalue weighted by Gasteiger charge is -2.12. The topological polar surface area (TPSA) is 44.5 Å². The van der Waals surface area contributed by atoms with Crippen molar-refractivity contribution in [2.24, 2.45) is 5.73 Å². The van der Waals surface area contributed by atoms with Gasteiger partial charge in [-0.15, -0.1) is 0 Å². The van der Waals surface area contributed by atoms with E-state index in [0.717, 1.165) is 28.8 Å². The predicted octanol–water partition coefficient (Wildman–Crippen LogP) is 3.85. The Morgan fingerprint density at radius 1 is 1.10 bits per heavy atom. The normalized spacial score (nSPS) is 16.6. The van der Waals surface area contributed by atoms with E-state index in [2.05, 4.69) is 22.0 Å². The van der Waals surface area contributed by atoms with Crippen LogP contribution in [0.4, 0.5) is 0 Å². The summed E-state index contributed by atoms with van der Waals surface area (Å²) in [5, 5.41) is 0. The zero-order valence-electron chi connectivity index (χ0n) is 11.7. The zero-order chi connectivity index (χ0) is 14.7. The minimum Gasteiger partial charge on any atom is -0.490 e. The Hall–Kier alpha value is -1.52. The molecule has 0 aliphatic heterocycles. The van der Waals surface area contributed by atoms with Gasteiger partial charge < -0.3 is 15.2 Å². The monoisotopic (exact) mass is 347 g/mol. The van der Waals surface area contributed by atoms with Crippen LogP contribution < -0.4 is 15.2 Å². The van der Waals surface area contributed by atoms with Crippen molar-refractivity contribution in [3.05, 3.63) is 58.1 Å². The maximum Gasteiger partial charge on any atom is 0.123 e. The van der Waals surface area contributed by atoms with Gasteiger partial charge >= 0.3 is 0 Å². The molecule has 0 aromatic heterocycles. The minimum atomic E-state index is 0.154. The Balaban J connectivity index is 1.55. The Bertz CT molecular complexity index is 630. The van der Waals surface area contributed by atoms with Crippen LogP contribution in [0.25, 0.3) is 0 Å². The van der Waals surface area contributed by atoms with Crippen molar-refractivity contribution < 1.29 is 9.47 Å². The van der Waals surface area contributed by atoms with Gasteiger partial charge in [0, 0.05) is 10.5 Å². The van der Waals surface area contributed by atoms with Gasteiger partial charge in [-0.3, -0.25) is 0 Å². The number of hydrogen-bond acceptors (Lipinski definition) is 3. The van der Waals surface area contributed by atoms with Gasteiger partial charge in [-0.2, -0.15) is 0 Å². The molecule has 0 bridgehead atoms. The highest BCUT2D eigenvalue weighted by Gasteiger charge is 2.21. The summed E-state index contributed by atoms with van der Waals surface area (Å²) in [6.07, 6.45) is 2.00. The molecule has 0 heterocycles. The number of fused-ring (bicyclic) bond motifs is 1. The molecule has 4 heteroatoms. The molecule has 1 aliphatic rings. The van der Waals surface area contributed by atoms with Crippen molar-refractivity contribution in [2.75, 3.05) is 13.2 Å². The molecule has 2 N–H and O–H groups in total. The van der Waals surface area contributed by atoms with Gasteiger partial charge in [0.25, 0.3) is 0 Å². The summed E-state index contributed by atoms with van der Waals surface area (Å²) in [6.45, 7) is 1.05. The molecule has 0 spiro atoms. The van der Waals surface area contributed by atoms with E-state index in [-0.39, 0.29) is 6.04 Å². The van der Waals surface area contributed by atoms with Crippen molar-refractivity contribution in [3.8, 4) is 11.5 Å². The molecular formula is C17H18BrNO2. The lowest BCUT2D eigenvalue weighted by atomic mass is 10.1. The molecule has 2 aromatic carbocycles. The van der Waals surface area contributed by atoms with Crippen LogP contribution in [0.3, 0.4) is 0 Å². The lowest BCUT2D eigenvalue weighted by Crippen LogP contribution is -2.10. The summed E-state index contributed by atoms with van der Waals surface area (Å²) in [4.78, 5) is 0. The number of nitrogens with two attached hydrogens (primary N) is 1. The highest BCUT2D eigenvalue weighted by Crippen LogP contribution is 2.35. The molecule has 0 saturated carbocycles. The van der Waals surface area contributed by atoms with Crippen LogP contribution in [-0.4, -0.2) is 13.2 Å². The van der Waals surface area contributed by atoms with E-state index in [9.17, 15) is 0 Å². The summed E-state index contributed by atoms with van der Waals surface area (Å²) in [5.74, 6) is 1.78. The van der Waals surface area contributed by atoms with E-state index in [1.54, 1.807) is 0 Å². The Kier molecular flexibility index (Phi) is 4.46. The number of halogens is 1. The van der Waals surface area contributed by atoms with Crippen LogP contribution in [0, 0.1) is 0 Å². The minimum absolute atomic E-state index is 0.154. The third kappa shape index (κ3) is 3.39. The summed E-state index contributed by atoms with van der Waals surface area (Å²) in [5.41, 5.74) is 8.56. The van der Waals surface area contributed by atoms with E-state index in [4.69, 9.17) is 15.2 Å². The summed E-state index contributed by atoms with van der Waals surface area (Å²) >= 11 is 3.42. The second kappa shape index (κ2) is 6.50. The highest BCUT2D eigenvalue weighted by atomic mass is 79.9. The van der Waals surface area contributed by atoms with E-state index in [0.29, 0.717) is 13.2 Å². The van der Waals surface area contributed by atoms with Crippen molar-refractivity contribution in [1.82, 2.24) is 0 Å². The molecule has 1 atom stereocenters. The van der Waals surface area contributed by atoms with E-state index < -0.39 is 0 Å². The molecule has 110 valence electrons. The first kappa shape index (κ1) is 14.4. The predicted molar refractivity (Wildman–Crippen MR) is 86.8 cm³/mol. The Morgan fingerprint density at radius 2 is 1.90 bits per heavy atom. The fourth-order valence-electron chi connectivity index (χ4n) is 2.66. The number of rotatable bonds is 5.